The average Bonchev–Trinajstić information content (AvgIpc) is 2.53. The van der Waals surface area contributed by atoms with Crippen molar-refractivity contribution in [3.63, 3.8) is 0 Å². The first-order valence-electron chi connectivity index (χ1n) is 7.23. The number of halogens is 1. The van der Waals surface area contributed by atoms with Crippen LogP contribution in [0, 0.1) is 0 Å². The van der Waals surface area contributed by atoms with E-state index in [1.165, 1.54) is 16.7 Å². The second-order valence-electron chi connectivity index (χ2n) is 5.12. The first kappa shape index (κ1) is 16.0. The summed E-state index contributed by atoms with van der Waals surface area (Å²) in [6.07, 6.45) is 1.83. The summed E-state index contributed by atoms with van der Waals surface area (Å²) < 4.78 is 5.11. The Hall–Kier alpha value is -1.35. The number of hydrogen-bond acceptors (Lipinski definition) is 2. The van der Waals surface area contributed by atoms with Gasteiger partial charge >= 0.3 is 0 Å². The van der Waals surface area contributed by atoms with Crippen LogP contribution in [-0.2, 0) is 17.6 Å². The molecule has 1 atom stereocenters. The van der Waals surface area contributed by atoms with Crippen molar-refractivity contribution in [2.24, 2.45) is 0 Å². The highest BCUT2D eigenvalue weighted by molar-refractivity contribution is 6.31. The summed E-state index contributed by atoms with van der Waals surface area (Å²) in [4.78, 5) is 0. The molecule has 0 heterocycles. The predicted molar refractivity (Wildman–Crippen MR) is 89.0 cm³/mol. The van der Waals surface area contributed by atoms with E-state index in [-0.39, 0.29) is 6.04 Å². The number of rotatable bonds is 7. The van der Waals surface area contributed by atoms with Crippen LogP contribution in [0.3, 0.4) is 0 Å². The van der Waals surface area contributed by atoms with E-state index in [2.05, 4.69) is 35.6 Å². The fourth-order valence-electron chi connectivity index (χ4n) is 2.41. The molecule has 0 amide bonds. The zero-order valence-electron chi connectivity index (χ0n) is 12.6. The monoisotopic (exact) mass is 303 g/mol. The zero-order valence-corrected chi connectivity index (χ0v) is 13.4. The molecular formula is C18H22ClNO. The van der Waals surface area contributed by atoms with Crippen LogP contribution < -0.4 is 5.32 Å². The van der Waals surface area contributed by atoms with Crippen LogP contribution in [0.4, 0.5) is 0 Å². The largest absolute Gasteiger partial charge is 0.384 e. The number of hydrogen-bond donors (Lipinski definition) is 1. The maximum atomic E-state index is 6.25. The Balaban J connectivity index is 2.08. The lowest BCUT2D eigenvalue weighted by Gasteiger charge is -2.18. The molecule has 0 radical (unpaired) electrons. The van der Waals surface area contributed by atoms with Gasteiger partial charge in [0, 0.05) is 18.2 Å². The summed E-state index contributed by atoms with van der Waals surface area (Å²) in [6, 6.07) is 17.0. The van der Waals surface area contributed by atoms with Gasteiger partial charge in [0.2, 0.25) is 0 Å². The van der Waals surface area contributed by atoms with Gasteiger partial charge in [0.05, 0.1) is 6.61 Å². The summed E-state index contributed by atoms with van der Waals surface area (Å²) in [6.45, 7) is 0.758. The fraction of sp³-hybridized carbons (Fsp3) is 0.333. The highest BCUT2D eigenvalue weighted by Gasteiger charge is 2.11. The van der Waals surface area contributed by atoms with Gasteiger partial charge in [0.1, 0.15) is 0 Å². The molecule has 0 bridgehead atoms. The van der Waals surface area contributed by atoms with Crippen LogP contribution >= 0.6 is 11.6 Å². The summed E-state index contributed by atoms with van der Waals surface area (Å²) in [5.74, 6) is 0. The Labute approximate surface area is 132 Å². The number of nitrogens with one attached hydrogen (secondary N) is 1. The molecule has 0 aliphatic heterocycles. The van der Waals surface area contributed by atoms with Gasteiger partial charge in [-0.05, 0) is 42.6 Å². The van der Waals surface area contributed by atoms with Crippen molar-refractivity contribution < 1.29 is 4.74 Å². The van der Waals surface area contributed by atoms with Crippen molar-refractivity contribution in [2.45, 2.75) is 18.9 Å². The topological polar surface area (TPSA) is 21.3 Å². The van der Waals surface area contributed by atoms with E-state index in [1.807, 2.05) is 25.2 Å². The first-order valence-corrected chi connectivity index (χ1v) is 7.61. The average molecular weight is 304 g/mol. The van der Waals surface area contributed by atoms with Crippen molar-refractivity contribution >= 4 is 11.6 Å². The molecule has 0 spiro atoms. The Morgan fingerprint density at radius 2 is 1.81 bits per heavy atom. The highest BCUT2D eigenvalue weighted by Crippen LogP contribution is 2.23. The fourth-order valence-corrected chi connectivity index (χ4v) is 2.62. The summed E-state index contributed by atoms with van der Waals surface area (Å²) >= 11 is 6.25. The Bertz CT molecular complexity index is 553. The molecule has 2 rings (SSSR count). The van der Waals surface area contributed by atoms with Gasteiger partial charge in [-0.3, -0.25) is 0 Å². The van der Waals surface area contributed by atoms with E-state index in [0.717, 1.165) is 24.5 Å². The Kier molecular flexibility index (Phi) is 6.24. The standard InChI is InChI=1S/C18H22ClNO/c1-20-18(13-16-5-3-4-6-17(16)19)15-9-7-14(8-10-15)11-12-21-2/h3-10,18,20H,11-13H2,1-2H3. The highest BCUT2D eigenvalue weighted by atomic mass is 35.5. The van der Waals surface area contributed by atoms with Crippen molar-refractivity contribution in [1.82, 2.24) is 5.32 Å². The molecule has 3 heteroatoms. The molecule has 0 saturated heterocycles. The van der Waals surface area contributed by atoms with E-state index < -0.39 is 0 Å². The van der Waals surface area contributed by atoms with Crippen LogP contribution in [-0.4, -0.2) is 20.8 Å². The second kappa shape index (κ2) is 8.18. The minimum absolute atomic E-state index is 0.265. The normalized spacial score (nSPS) is 12.3. The third-order valence-corrected chi connectivity index (χ3v) is 4.08. The first-order chi connectivity index (χ1) is 10.2. The van der Waals surface area contributed by atoms with E-state index in [9.17, 15) is 0 Å². The molecule has 112 valence electrons. The maximum Gasteiger partial charge on any atom is 0.0502 e. The molecule has 0 fully saturated rings. The molecule has 2 aromatic rings. The van der Waals surface area contributed by atoms with Gasteiger partial charge in [0.15, 0.2) is 0 Å². The Morgan fingerprint density at radius 3 is 2.43 bits per heavy atom. The lowest BCUT2D eigenvalue weighted by Crippen LogP contribution is -2.19. The predicted octanol–water partition coefficient (Wildman–Crippen LogP) is 4.03. The molecule has 0 aliphatic rings. The molecule has 0 aliphatic carbocycles. The molecule has 2 nitrogen and oxygen atoms in total. The van der Waals surface area contributed by atoms with Crippen molar-refractivity contribution in [2.75, 3.05) is 20.8 Å². The van der Waals surface area contributed by atoms with Gasteiger partial charge in [-0.25, -0.2) is 0 Å². The van der Waals surface area contributed by atoms with Gasteiger partial charge in [-0.1, -0.05) is 54.1 Å². The van der Waals surface area contributed by atoms with Crippen LogP contribution in [0.15, 0.2) is 48.5 Å². The van der Waals surface area contributed by atoms with Gasteiger partial charge in [0.25, 0.3) is 0 Å². The number of likely N-dealkylation sites (N-methyl/N-ethyl adjacent to an activating group) is 1. The van der Waals surface area contributed by atoms with Crippen molar-refractivity contribution in [3.8, 4) is 0 Å². The molecule has 1 N–H and O–H groups in total. The minimum Gasteiger partial charge on any atom is -0.384 e. The van der Waals surface area contributed by atoms with E-state index in [4.69, 9.17) is 16.3 Å². The summed E-state index contributed by atoms with van der Waals surface area (Å²) in [5, 5.41) is 4.20. The summed E-state index contributed by atoms with van der Waals surface area (Å²) in [7, 11) is 3.72. The van der Waals surface area contributed by atoms with Gasteiger partial charge < -0.3 is 10.1 Å². The smallest absolute Gasteiger partial charge is 0.0502 e. The number of methoxy groups -OCH3 is 1. The molecule has 0 aromatic heterocycles. The lowest BCUT2D eigenvalue weighted by molar-refractivity contribution is 0.202. The SMILES string of the molecule is CNC(Cc1ccccc1Cl)c1ccc(CCOC)cc1. The molecular weight excluding hydrogens is 282 g/mol. The summed E-state index contributed by atoms with van der Waals surface area (Å²) in [5.41, 5.74) is 3.74. The van der Waals surface area contributed by atoms with Crippen LogP contribution in [0.25, 0.3) is 0 Å². The van der Waals surface area contributed by atoms with E-state index in [0.29, 0.717) is 0 Å². The lowest BCUT2D eigenvalue weighted by atomic mass is 9.97. The molecule has 0 saturated carbocycles. The van der Waals surface area contributed by atoms with E-state index >= 15 is 0 Å². The molecule has 2 aromatic carbocycles. The Morgan fingerprint density at radius 1 is 1.10 bits per heavy atom. The van der Waals surface area contributed by atoms with Gasteiger partial charge in [-0.2, -0.15) is 0 Å². The zero-order chi connectivity index (χ0) is 15.1. The number of ether oxygens (including phenoxy) is 1. The quantitative estimate of drug-likeness (QED) is 0.834. The van der Waals surface area contributed by atoms with Crippen molar-refractivity contribution in [3.05, 3.63) is 70.2 Å². The maximum absolute atomic E-state index is 6.25. The third-order valence-electron chi connectivity index (χ3n) is 3.71. The van der Waals surface area contributed by atoms with Gasteiger partial charge in [-0.15, -0.1) is 0 Å². The van der Waals surface area contributed by atoms with Crippen LogP contribution in [0.2, 0.25) is 5.02 Å². The minimum atomic E-state index is 0.265. The molecule has 1 unspecified atom stereocenters. The van der Waals surface area contributed by atoms with E-state index in [1.54, 1.807) is 7.11 Å². The third kappa shape index (κ3) is 4.57. The van der Waals surface area contributed by atoms with Crippen LogP contribution in [0.1, 0.15) is 22.7 Å². The number of benzene rings is 2. The molecule has 21 heavy (non-hydrogen) atoms. The second-order valence-corrected chi connectivity index (χ2v) is 5.53. The van der Waals surface area contributed by atoms with Crippen LogP contribution in [0.5, 0.6) is 0 Å². The van der Waals surface area contributed by atoms with Crippen molar-refractivity contribution in [1.29, 1.82) is 0 Å².